The maximum absolute atomic E-state index is 10.9. The lowest BCUT2D eigenvalue weighted by Gasteiger charge is -2.07. The van der Waals surface area contributed by atoms with Crippen LogP contribution in [0.25, 0.3) is 0 Å². The van der Waals surface area contributed by atoms with Gasteiger partial charge in [-0.15, -0.1) is 0 Å². The Balaban J connectivity index is 2.65. The number of nitro groups is 1. The summed E-state index contributed by atoms with van der Waals surface area (Å²) in [7, 11) is 0. The summed E-state index contributed by atoms with van der Waals surface area (Å²) in [6.07, 6.45) is 0.880. The molecule has 0 fully saturated rings. The topological polar surface area (TPSA) is 91.0 Å². The van der Waals surface area contributed by atoms with Gasteiger partial charge in [0.05, 0.1) is 16.6 Å². The van der Waals surface area contributed by atoms with E-state index in [0.717, 1.165) is 19.5 Å². The van der Waals surface area contributed by atoms with Gasteiger partial charge in [0.15, 0.2) is 0 Å². The van der Waals surface area contributed by atoms with E-state index in [1.807, 2.05) is 13.0 Å². The molecule has 18 heavy (non-hydrogen) atoms. The standard InChI is InChI=1S/C12H16N4O2/c1-2-14-6-3-7-15-11-5-4-10(9-13)8-12(11)16(17)18/h4-5,8,14-15H,2-3,6-7H2,1H3. The highest BCUT2D eigenvalue weighted by molar-refractivity contribution is 5.63. The van der Waals surface area contributed by atoms with Crippen molar-refractivity contribution >= 4 is 11.4 Å². The summed E-state index contributed by atoms with van der Waals surface area (Å²) >= 11 is 0. The van der Waals surface area contributed by atoms with Crippen LogP contribution in [0.1, 0.15) is 18.9 Å². The first-order chi connectivity index (χ1) is 8.69. The molecule has 2 N–H and O–H groups in total. The lowest BCUT2D eigenvalue weighted by Crippen LogP contribution is -2.17. The van der Waals surface area contributed by atoms with Crippen LogP contribution in [-0.2, 0) is 0 Å². The molecule has 0 heterocycles. The molecule has 0 aromatic heterocycles. The van der Waals surface area contributed by atoms with Crippen molar-refractivity contribution in [3.8, 4) is 6.07 Å². The molecule has 0 aliphatic rings. The SMILES string of the molecule is CCNCCCNc1ccc(C#N)cc1[N+](=O)[O-]. The van der Waals surface area contributed by atoms with Crippen LogP contribution in [0.4, 0.5) is 11.4 Å². The lowest BCUT2D eigenvalue weighted by molar-refractivity contribution is -0.384. The second-order valence-electron chi connectivity index (χ2n) is 3.73. The Labute approximate surface area is 106 Å². The van der Waals surface area contributed by atoms with Crippen LogP contribution in [-0.4, -0.2) is 24.6 Å². The van der Waals surface area contributed by atoms with Crippen molar-refractivity contribution in [2.45, 2.75) is 13.3 Å². The van der Waals surface area contributed by atoms with E-state index in [9.17, 15) is 10.1 Å². The smallest absolute Gasteiger partial charge is 0.293 e. The average Bonchev–Trinajstić information content (AvgIpc) is 2.38. The predicted molar refractivity (Wildman–Crippen MR) is 69.5 cm³/mol. The highest BCUT2D eigenvalue weighted by atomic mass is 16.6. The minimum atomic E-state index is -0.479. The van der Waals surface area contributed by atoms with Crippen LogP contribution in [0.2, 0.25) is 0 Å². The van der Waals surface area contributed by atoms with Crippen molar-refractivity contribution in [1.82, 2.24) is 5.32 Å². The largest absolute Gasteiger partial charge is 0.379 e. The molecular formula is C12H16N4O2. The van der Waals surface area contributed by atoms with Crippen molar-refractivity contribution in [3.63, 3.8) is 0 Å². The van der Waals surface area contributed by atoms with Gasteiger partial charge in [-0.3, -0.25) is 10.1 Å². The van der Waals surface area contributed by atoms with Gasteiger partial charge in [0.2, 0.25) is 0 Å². The van der Waals surface area contributed by atoms with E-state index in [1.54, 1.807) is 12.1 Å². The van der Waals surface area contributed by atoms with Crippen LogP contribution in [0, 0.1) is 21.4 Å². The van der Waals surface area contributed by atoms with Crippen LogP contribution in [0.5, 0.6) is 0 Å². The molecule has 0 spiro atoms. The van der Waals surface area contributed by atoms with Gasteiger partial charge in [0, 0.05) is 12.6 Å². The molecule has 6 nitrogen and oxygen atoms in total. The summed E-state index contributed by atoms with van der Waals surface area (Å²) in [6, 6.07) is 6.32. The van der Waals surface area contributed by atoms with Gasteiger partial charge in [0.1, 0.15) is 5.69 Å². The maximum atomic E-state index is 10.9. The molecule has 0 saturated heterocycles. The Morgan fingerprint density at radius 2 is 2.22 bits per heavy atom. The van der Waals surface area contributed by atoms with E-state index in [4.69, 9.17) is 5.26 Å². The first kappa shape index (κ1) is 13.9. The summed E-state index contributed by atoms with van der Waals surface area (Å²) in [5.41, 5.74) is 0.688. The highest BCUT2D eigenvalue weighted by Crippen LogP contribution is 2.25. The van der Waals surface area contributed by atoms with Crippen molar-refractivity contribution in [1.29, 1.82) is 5.26 Å². The highest BCUT2D eigenvalue weighted by Gasteiger charge is 2.13. The van der Waals surface area contributed by atoms with Crippen molar-refractivity contribution in [2.75, 3.05) is 25.0 Å². The molecule has 1 aromatic carbocycles. The Bertz CT molecular complexity index is 454. The molecule has 0 saturated carbocycles. The molecule has 1 aromatic rings. The fourth-order valence-electron chi connectivity index (χ4n) is 1.51. The molecule has 0 amide bonds. The molecule has 0 atom stereocenters. The minimum absolute atomic E-state index is 0.0579. The number of hydrogen-bond donors (Lipinski definition) is 2. The minimum Gasteiger partial charge on any atom is -0.379 e. The summed E-state index contributed by atoms with van der Waals surface area (Å²) in [6.45, 7) is 4.46. The van der Waals surface area contributed by atoms with Crippen LogP contribution in [0.15, 0.2) is 18.2 Å². The molecular weight excluding hydrogens is 232 g/mol. The third-order valence-corrected chi connectivity index (χ3v) is 2.42. The van der Waals surface area contributed by atoms with Gasteiger partial charge in [-0.05, 0) is 31.6 Å². The number of nitrogens with one attached hydrogen (secondary N) is 2. The van der Waals surface area contributed by atoms with Gasteiger partial charge < -0.3 is 10.6 Å². The molecule has 96 valence electrons. The third kappa shape index (κ3) is 4.03. The zero-order chi connectivity index (χ0) is 13.4. The number of nitriles is 1. The van der Waals surface area contributed by atoms with E-state index in [1.165, 1.54) is 6.07 Å². The van der Waals surface area contributed by atoms with Gasteiger partial charge in [-0.25, -0.2) is 0 Å². The third-order valence-electron chi connectivity index (χ3n) is 2.42. The van der Waals surface area contributed by atoms with E-state index >= 15 is 0 Å². The fraction of sp³-hybridized carbons (Fsp3) is 0.417. The van der Waals surface area contributed by atoms with E-state index in [0.29, 0.717) is 17.8 Å². The second kappa shape index (κ2) is 7.25. The Kier molecular flexibility index (Phi) is 5.61. The number of anilines is 1. The Morgan fingerprint density at radius 3 is 2.83 bits per heavy atom. The van der Waals surface area contributed by atoms with Gasteiger partial charge in [0.25, 0.3) is 5.69 Å². The van der Waals surface area contributed by atoms with E-state index in [-0.39, 0.29) is 5.69 Å². The Morgan fingerprint density at radius 1 is 1.44 bits per heavy atom. The summed E-state index contributed by atoms with van der Waals surface area (Å²) in [5, 5.41) is 25.8. The van der Waals surface area contributed by atoms with E-state index in [2.05, 4.69) is 10.6 Å². The van der Waals surface area contributed by atoms with Crippen LogP contribution < -0.4 is 10.6 Å². The summed E-state index contributed by atoms with van der Waals surface area (Å²) in [5.74, 6) is 0. The molecule has 6 heteroatoms. The summed E-state index contributed by atoms with van der Waals surface area (Å²) in [4.78, 5) is 10.4. The number of nitro benzene ring substituents is 1. The molecule has 0 aliphatic heterocycles. The molecule has 1 rings (SSSR count). The normalized spacial score (nSPS) is 9.78. The molecule has 0 unspecified atom stereocenters. The van der Waals surface area contributed by atoms with Gasteiger partial charge in [-0.1, -0.05) is 6.92 Å². The quantitative estimate of drug-likeness (QED) is 0.436. The van der Waals surface area contributed by atoms with Gasteiger partial charge in [-0.2, -0.15) is 5.26 Å². The van der Waals surface area contributed by atoms with Crippen LogP contribution in [0.3, 0.4) is 0 Å². The van der Waals surface area contributed by atoms with E-state index < -0.39 is 4.92 Å². The first-order valence-electron chi connectivity index (χ1n) is 5.82. The monoisotopic (exact) mass is 248 g/mol. The summed E-state index contributed by atoms with van der Waals surface area (Å²) < 4.78 is 0. The molecule has 0 bridgehead atoms. The second-order valence-corrected chi connectivity index (χ2v) is 3.73. The maximum Gasteiger partial charge on any atom is 0.293 e. The number of rotatable bonds is 7. The average molecular weight is 248 g/mol. The van der Waals surface area contributed by atoms with Crippen molar-refractivity contribution in [3.05, 3.63) is 33.9 Å². The lowest BCUT2D eigenvalue weighted by atomic mass is 10.2. The van der Waals surface area contributed by atoms with Crippen molar-refractivity contribution in [2.24, 2.45) is 0 Å². The number of nitrogens with zero attached hydrogens (tertiary/aromatic N) is 2. The molecule has 0 radical (unpaired) electrons. The fourth-order valence-corrected chi connectivity index (χ4v) is 1.51. The zero-order valence-corrected chi connectivity index (χ0v) is 10.3. The molecule has 0 aliphatic carbocycles. The van der Waals surface area contributed by atoms with Gasteiger partial charge >= 0.3 is 0 Å². The number of hydrogen-bond acceptors (Lipinski definition) is 5. The number of benzene rings is 1. The first-order valence-corrected chi connectivity index (χ1v) is 5.82. The van der Waals surface area contributed by atoms with Crippen LogP contribution >= 0.6 is 0 Å². The van der Waals surface area contributed by atoms with Crippen molar-refractivity contribution < 1.29 is 4.92 Å². The predicted octanol–water partition coefficient (Wildman–Crippen LogP) is 1.88. The zero-order valence-electron chi connectivity index (χ0n) is 10.3. The Hall–Kier alpha value is -2.13.